The quantitative estimate of drug-likeness (QED) is 0.664. The van der Waals surface area contributed by atoms with Gasteiger partial charge in [-0.3, -0.25) is 4.79 Å². The standard InChI is InChI=1S/C9H14BrNO/c10-6-8-2-1-5-11(8)9(12)7-3-4-7/h7-8H,1-6H2/t8-/m0/s1. The van der Waals surface area contributed by atoms with Crippen molar-refractivity contribution < 1.29 is 4.79 Å². The molecule has 1 amide bonds. The van der Waals surface area contributed by atoms with Crippen molar-refractivity contribution in [3.63, 3.8) is 0 Å². The third-order valence-corrected chi connectivity index (χ3v) is 3.51. The Morgan fingerprint density at radius 3 is 2.75 bits per heavy atom. The topological polar surface area (TPSA) is 20.3 Å². The maximum Gasteiger partial charge on any atom is 0.225 e. The Hall–Kier alpha value is -0.0500. The summed E-state index contributed by atoms with van der Waals surface area (Å²) in [4.78, 5) is 13.8. The van der Waals surface area contributed by atoms with Gasteiger partial charge in [-0.05, 0) is 25.7 Å². The summed E-state index contributed by atoms with van der Waals surface area (Å²) in [5, 5.41) is 0.950. The Morgan fingerprint density at radius 1 is 1.42 bits per heavy atom. The van der Waals surface area contributed by atoms with Gasteiger partial charge in [0.1, 0.15) is 0 Å². The molecule has 12 heavy (non-hydrogen) atoms. The molecule has 0 bridgehead atoms. The van der Waals surface area contributed by atoms with Gasteiger partial charge < -0.3 is 4.90 Å². The summed E-state index contributed by atoms with van der Waals surface area (Å²) >= 11 is 3.46. The molecule has 0 unspecified atom stereocenters. The monoisotopic (exact) mass is 231 g/mol. The third-order valence-electron chi connectivity index (χ3n) is 2.76. The maximum absolute atomic E-state index is 11.7. The van der Waals surface area contributed by atoms with Gasteiger partial charge in [-0.15, -0.1) is 0 Å². The van der Waals surface area contributed by atoms with Crippen LogP contribution in [-0.2, 0) is 4.79 Å². The molecule has 0 aromatic heterocycles. The zero-order valence-electron chi connectivity index (χ0n) is 7.13. The van der Waals surface area contributed by atoms with E-state index < -0.39 is 0 Å². The molecular weight excluding hydrogens is 218 g/mol. The fourth-order valence-electron chi connectivity index (χ4n) is 1.85. The van der Waals surface area contributed by atoms with E-state index in [9.17, 15) is 4.79 Å². The van der Waals surface area contributed by atoms with E-state index in [2.05, 4.69) is 20.8 Å². The number of carbonyl (C=O) groups excluding carboxylic acids is 1. The van der Waals surface area contributed by atoms with Crippen molar-refractivity contribution in [1.29, 1.82) is 0 Å². The molecule has 2 aliphatic rings. The lowest BCUT2D eigenvalue weighted by Gasteiger charge is -2.22. The van der Waals surface area contributed by atoms with Crippen LogP contribution in [-0.4, -0.2) is 28.7 Å². The average Bonchev–Trinajstić information content (AvgIpc) is 2.82. The molecule has 1 aliphatic carbocycles. The normalized spacial score (nSPS) is 29.4. The lowest BCUT2D eigenvalue weighted by molar-refractivity contribution is -0.132. The summed E-state index contributed by atoms with van der Waals surface area (Å²) in [6.07, 6.45) is 4.63. The van der Waals surface area contributed by atoms with E-state index in [0.29, 0.717) is 17.9 Å². The van der Waals surface area contributed by atoms with E-state index in [-0.39, 0.29) is 0 Å². The SMILES string of the molecule is O=C(C1CC1)N1CCC[C@H]1CBr. The number of carbonyl (C=O) groups is 1. The second-order valence-corrected chi connectivity index (χ2v) is 4.40. The van der Waals surface area contributed by atoms with Crippen molar-refractivity contribution in [1.82, 2.24) is 4.90 Å². The zero-order chi connectivity index (χ0) is 8.55. The zero-order valence-corrected chi connectivity index (χ0v) is 8.72. The van der Waals surface area contributed by atoms with Crippen LogP contribution in [0.1, 0.15) is 25.7 Å². The van der Waals surface area contributed by atoms with Gasteiger partial charge in [-0.2, -0.15) is 0 Å². The number of halogens is 1. The van der Waals surface area contributed by atoms with Gasteiger partial charge in [0.2, 0.25) is 5.91 Å². The molecule has 2 fully saturated rings. The molecule has 68 valence electrons. The Labute approximate surface area is 81.4 Å². The first-order valence-electron chi connectivity index (χ1n) is 4.69. The van der Waals surface area contributed by atoms with Crippen LogP contribution in [0.15, 0.2) is 0 Å². The minimum atomic E-state index is 0.393. The summed E-state index contributed by atoms with van der Waals surface area (Å²) in [6.45, 7) is 0.992. The molecule has 0 radical (unpaired) electrons. The number of likely N-dealkylation sites (tertiary alicyclic amines) is 1. The molecule has 1 aliphatic heterocycles. The highest BCUT2D eigenvalue weighted by molar-refractivity contribution is 9.09. The highest BCUT2D eigenvalue weighted by atomic mass is 79.9. The Kier molecular flexibility index (Phi) is 2.40. The van der Waals surface area contributed by atoms with Crippen LogP contribution in [0, 0.1) is 5.92 Å². The fourth-order valence-corrected chi connectivity index (χ4v) is 2.52. The van der Waals surface area contributed by atoms with Crippen molar-refractivity contribution in [2.24, 2.45) is 5.92 Å². The molecule has 1 saturated carbocycles. The molecule has 0 N–H and O–H groups in total. The van der Waals surface area contributed by atoms with E-state index in [1.807, 2.05) is 0 Å². The van der Waals surface area contributed by atoms with Crippen LogP contribution in [0.25, 0.3) is 0 Å². The number of hydrogen-bond donors (Lipinski definition) is 0. The van der Waals surface area contributed by atoms with Crippen LogP contribution in [0.4, 0.5) is 0 Å². The second kappa shape index (κ2) is 3.36. The van der Waals surface area contributed by atoms with Crippen molar-refractivity contribution >= 4 is 21.8 Å². The van der Waals surface area contributed by atoms with E-state index in [1.54, 1.807) is 0 Å². The fraction of sp³-hybridized carbons (Fsp3) is 0.889. The minimum absolute atomic E-state index is 0.393. The third kappa shape index (κ3) is 1.51. The van der Waals surface area contributed by atoms with Gasteiger partial charge >= 0.3 is 0 Å². The van der Waals surface area contributed by atoms with Crippen molar-refractivity contribution in [3.05, 3.63) is 0 Å². The summed E-state index contributed by atoms with van der Waals surface area (Å²) in [6, 6.07) is 0.484. The highest BCUT2D eigenvalue weighted by Crippen LogP contribution is 2.33. The Bertz CT molecular complexity index is 191. The molecule has 1 saturated heterocycles. The Balaban J connectivity index is 1.96. The van der Waals surface area contributed by atoms with E-state index in [1.165, 1.54) is 12.8 Å². The van der Waals surface area contributed by atoms with Crippen LogP contribution in [0.5, 0.6) is 0 Å². The smallest absolute Gasteiger partial charge is 0.225 e. The highest BCUT2D eigenvalue weighted by Gasteiger charge is 2.37. The summed E-state index contributed by atoms with van der Waals surface area (Å²) in [5.74, 6) is 0.807. The van der Waals surface area contributed by atoms with Crippen LogP contribution in [0.3, 0.4) is 0 Å². The summed E-state index contributed by atoms with van der Waals surface area (Å²) < 4.78 is 0. The van der Waals surface area contributed by atoms with Gasteiger partial charge in [0.05, 0.1) is 0 Å². The Morgan fingerprint density at radius 2 is 2.17 bits per heavy atom. The molecule has 1 atom stereocenters. The first-order valence-corrected chi connectivity index (χ1v) is 5.81. The van der Waals surface area contributed by atoms with Gasteiger partial charge in [0.15, 0.2) is 0 Å². The van der Waals surface area contributed by atoms with Gasteiger partial charge in [-0.25, -0.2) is 0 Å². The average molecular weight is 232 g/mol. The molecule has 3 heteroatoms. The van der Waals surface area contributed by atoms with Gasteiger partial charge in [0, 0.05) is 23.8 Å². The largest absolute Gasteiger partial charge is 0.339 e. The van der Waals surface area contributed by atoms with E-state index in [0.717, 1.165) is 24.7 Å². The summed E-state index contributed by atoms with van der Waals surface area (Å²) in [7, 11) is 0. The van der Waals surface area contributed by atoms with Crippen LogP contribution >= 0.6 is 15.9 Å². The predicted octanol–water partition coefficient (Wildman–Crippen LogP) is 1.78. The van der Waals surface area contributed by atoms with Crippen molar-refractivity contribution in [2.75, 3.05) is 11.9 Å². The van der Waals surface area contributed by atoms with Crippen molar-refractivity contribution in [2.45, 2.75) is 31.7 Å². The van der Waals surface area contributed by atoms with Crippen molar-refractivity contribution in [3.8, 4) is 0 Å². The number of rotatable bonds is 2. The number of amides is 1. The number of nitrogens with zero attached hydrogens (tertiary/aromatic N) is 1. The second-order valence-electron chi connectivity index (χ2n) is 3.76. The molecule has 0 aromatic carbocycles. The molecular formula is C9H14BrNO. The van der Waals surface area contributed by atoms with E-state index >= 15 is 0 Å². The molecule has 2 nitrogen and oxygen atoms in total. The lowest BCUT2D eigenvalue weighted by Crippen LogP contribution is -2.37. The van der Waals surface area contributed by atoms with Gasteiger partial charge in [-0.1, -0.05) is 15.9 Å². The molecule has 0 spiro atoms. The number of alkyl halides is 1. The summed E-state index contributed by atoms with van der Waals surface area (Å²) in [5.41, 5.74) is 0. The predicted molar refractivity (Wildman–Crippen MR) is 51.3 cm³/mol. The number of hydrogen-bond acceptors (Lipinski definition) is 1. The molecule has 1 heterocycles. The van der Waals surface area contributed by atoms with Crippen LogP contribution in [0.2, 0.25) is 0 Å². The minimum Gasteiger partial charge on any atom is -0.339 e. The first-order chi connectivity index (χ1) is 5.83. The lowest BCUT2D eigenvalue weighted by atomic mass is 10.2. The molecule has 0 aromatic rings. The van der Waals surface area contributed by atoms with Crippen LogP contribution < -0.4 is 0 Å². The molecule has 2 rings (SSSR count). The van der Waals surface area contributed by atoms with E-state index in [4.69, 9.17) is 0 Å². The van der Waals surface area contributed by atoms with Gasteiger partial charge in [0.25, 0.3) is 0 Å². The maximum atomic E-state index is 11.7. The first kappa shape index (κ1) is 8.54.